The molecule has 1 heterocycles. The second-order valence-corrected chi connectivity index (χ2v) is 9.88. The van der Waals surface area contributed by atoms with E-state index in [1.54, 1.807) is 0 Å². The maximum atomic E-state index is 13.6. The third kappa shape index (κ3) is 6.65. The monoisotopic (exact) mass is 476 g/mol. The molecular weight excluding hydrogens is 436 g/mol. The highest BCUT2D eigenvalue weighted by atomic mass is 16.5. The fourth-order valence-corrected chi connectivity index (χ4v) is 5.51. The van der Waals surface area contributed by atoms with Crippen LogP contribution in [0.5, 0.6) is 5.75 Å². The van der Waals surface area contributed by atoms with Gasteiger partial charge in [-0.1, -0.05) is 61.7 Å². The van der Waals surface area contributed by atoms with Crippen molar-refractivity contribution in [3.63, 3.8) is 0 Å². The molecule has 1 fully saturated rings. The van der Waals surface area contributed by atoms with Crippen molar-refractivity contribution in [2.45, 2.75) is 83.3 Å². The van der Waals surface area contributed by atoms with E-state index in [1.807, 2.05) is 54.3 Å². The standard InChI is InChI=1S/C30H40N2O3/c1-2-31-22-12-3-4-13-23-32(29(33)21-20-24-14-6-5-7-15-24)26-17-9-11-19-28(26)35-27-18-10-8-16-25(27)30(31)34/h5-8,10,14-16,18,26,28H,2-4,9,11-13,17,19-23H2,1H3/t26-,28+/m1/s1. The lowest BCUT2D eigenvalue weighted by Gasteiger charge is -2.40. The van der Waals surface area contributed by atoms with Crippen molar-refractivity contribution >= 4 is 11.8 Å². The van der Waals surface area contributed by atoms with Crippen LogP contribution in [0.1, 0.15) is 80.6 Å². The molecule has 4 rings (SSSR count). The number of carbonyl (C=O) groups excluding carboxylic acids is 2. The highest BCUT2D eigenvalue weighted by Gasteiger charge is 2.35. The van der Waals surface area contributed by atoms with Crippen molar-refractivity contribution in [2.75, 3.05) is 19.6 Å². The Morgan fingerprint density at radius 1 is 0.886 bits per heavy atom. The van der Waals surface area contributed by atoms with Crippen molar-refractivity contribution in [1.82, 2.24) is 9.80 Å². The van der Waals surface area contributed by atoms with Crippen molar-refractivity contribution in [3.05, 3.63) is 65.7 Å². The molecule has 5 heteroatoms. The van der Waals surface area contributed by atoms with Crippen molar-refractivity contribution < 1.29 is 14.3 Å². The molecule has 0 aromatic heterocycles. The molecule has 35 heavy (non-hydrogen) atoms. The van der Waals surface area contributed by atoms with E-state index >= 15 is 0 Å². The Kier molecular flexibility index (Phi) is 9.21. The number of nitrogens with zero attached hydrogens (tertiary/aromatic N) is 2. The van der Waals surface area contributed by atoms with Crippen LogP contribution in [0, 0.1) is 0 Å². The number of aryl methyl sites for hydroxylation is 1. The van der Waals surface area contributed by atoms with Crippen LogP contribution in [0.4, 0.5) is 0 Å². The summed E-state index contributed by atoms with van der Waals surface area (Å²) < 4.78 is 6.61. The van der Waals surface area contributed by atoms with Gasteiger partial charge in [-0.15, -0.1) is 0 Å². The van der Waals surface area contributed by atoms with Crippen LogP contribution < -0.4 is 4.74 Å². The summed E-state index contributed by atoms with van der Waals surface area (Å²) in [4.78, 5) is 31.0. The van der Waals surface area contributed by atoms with Gasteiger partial charge in [0.2, 0.25) is 5.91 Å². The van der Waals surface area contributed by atoms with Crippen molar-refractivity contribution in [3.8, 4) is 5.75 Å². The number of para-hydroxylation sites is 1. The molecule has 1 aliphatic heterocycles. The molecule has 2 aliphatic rings. The normalized spacial score (nSPS) is 21.9. The quantitative estimate of drug-likeness (QED) is 0.554. The molecule has 0 radical (unpaired) electrons. The molecule has 2 aromatic carbocycles. The van der Waals surface area contributed by atoms with Crippen LogP contribution in [0.25, 0.3) is 0 Å². The molecule has 188 valence electrons. The van der Waals surface area contributed by atoms with E-state index < -0.39 is 0 Å². The SMILES string of the molecule is CCN1CCCCCCN(C(=O)CCc2ccccc2)[C@@H]2CCCC[C@@H]2Oc2ccccc2C1=O. The predicted octanol–water partition coefficient (Wildman–Crippen LogP) is 5.87. The van der Waals surface area contributed by atoms with Crippen molar-refractivity contribution in [1.29, 1.82) is 0 Å². The summed E-state index contributed by atoms with van der Waals surface area (Å²) in [6, 6.07) is 18.0. The van der Waals surface area contributed by atoms with Gasteiger partial charge in [0.25, 0.3) is 5.91 Å². The number of hydrogen-bond acceptors (Lipinski definition) is 3. The van der Waals surface area contributed by atoms with E-state index in [0.717, 1.165) is 70.9 Å². The summed E-state index contributed by atoms with van der Waals surface area (Å²) in [5.41, 5.74) is 1.84. The fraction of sp³-hybridized carbons (Fsp3) is 0.533. The van der Waals surface area contributed by atoms with E-state index in [4.69, 9.17) is 4.74 Å². The molecule has 0 saturated heterocycles. The summed E-state index contributed by atoms with van der Waals surface area (Å²) in [7, 11) is 0. The molecule has 0 spiro atoms. The summed E-state index contributed by atoms with van der Waals surface area (Å²) in [5.74, 6) is 0.924. The Labute approximate surface area is 210 Å². The number of rotatable bonds is 4. The van der Waals surface area contributed by atoms with Gasteiger partial charge in [-0.3, -0.25) is 9.59 Å². The highest BCUT2D eigenvalue weighted by Crippen LogP contribution is 2.31. The zero-order valence-electron chi connectivity index (χ0n) is 21.2. The Balaban J connectivity index is 1.58. The zero-order valence-corrected chi connectivity index (χ0v) is 21.2. The molecule has 0 bridgehead atoms. The largest absolute Gasteiger partial charge is 0.487 e. The molecule has 1 aliphatic carbocycles. The zero-order chi connectivity index (χ0) is 24.5. The summed E-state index contributed by atoms with van der Waals surface area (Å²) in [6.07, 6.45) is 9.38. The van der Waals surface area contributed by atoms with E-state index in [1.165, 1.54) is 5.56 Å². The minimum Gasteiger partial charge on any atom is -0.487 e. The molecular formula is C30H40N2O3. The Morgan fingerprint density at radius 2 is 1.60 bits per heavy atom. The van der Waals surface area contributed by atoms with Gasteiger partial charge >= 0.3 is 0 Å². The number of hydrogen-bond donors (Lipinski definition) is 0. The first-order valence-electron chi connectivity index (χ1n) is 13.6. The minimum absolute atomic E-state index is 0.0447. The molecule has 0 N–H and O–H groups in total. The molecule has 2 amide bonds. The van der Waals surface area contributed by atoms with Crippen LogP contribution in [0.3, 0.4) is 0 Å². The minimum atomic E-state index is -0.0867. The average Bonchev–Trinajstić information content (AvgIpc) is 2.90. The first kappa shape index (κ1) is 25.3. The van der Waals surface area contributed by atoms with Crippen LogP contribution in [-0.2, 0) is 11.2 Å². The maximum absolute atomic E-state index is 13.6. The Morgan fingerprint density at radius 3 is 2.40 bits per heavy atom. The van der Waals surface area contributed by atoms with Gasteiger partial charge in [-0.05, 0) is 63.1 Å². The lowest BCUT2D eigenvalue weighted by molar-refractivity contribution is -0.136. The van der Waals surface area contributed by atoms with Crippen LogP contribution in [0.15, 0.2) is 54.6 Å². The van der Waals surface area contributed by atoms with Crippen LogP contribution >= 0.6 is 0 Å². The van der Waals surface area contributed by atoms with Gasteiger partial charge in [0.1, 0.15) is 11.9 Å². The van der Waals surface area contributed by atoms with E-state index in [0.29, 0.717) is 24.3 Å². The van der Waals surface area contributed by atoms with Crippen LogP contribution in [0.2, 0.25) is 0 Å². The third-order valence-corrected chi connectivity index (χ3v) is 7.50. The second-order valence-electron chi connectivity index (χ2n) is 9.88. The van der Waals surface area contributed by atoms with Gasteiger partial charge < -0.3 is 14.5 Å². The summed E-state index contributed by atoms with van der Waals surface area (Å²) in [6.45, 7) is 4.29. The molecule has 2 aromatic rings. The van der Waals surface area contributed by atoms with E-state index in [2.05, 4.69) is 17.0 Å². The molecule has 5 nitrogen and oxygen atoms in total. The number of amides is 2. The lowest BCUT2D eigenvalue weighted by Crippen LogP contribution is -2.51. The van der Waals surface area contributed by atoms with Crippen molar-refractivity contribution in [2.24, 2.45) is 0 Å². The predicted molar refractivity (Wildman–Crippen MR) is 140 cm³/mol. The first-order chi connectivity index (χ1) is 17.2. The highest BCUT2D eigenvalue weighted by molar-refractivity contribution is 5.97. The maximum Gasteiger partial charge on any atom is 0.257 e. The van der Waals surface area contributed by atoms with Gasteiger partial charge in [0, 0.05) is 26.1 Å². The van der Waals surface area contributed by atoms with E-state index in [-0.39, 0.29) is 24.0 Å². The summed E-state index contributed by atoms with van der Waals surface area (Å²) in [5, 5.41) is 0. The summed E-state index contributed by atoms with van der Waals surface area (Å²) >= 11 is 0. The number of ether oxygens (including phenoxy) is 1. The topological polar surface area (TPSA) is 49.9 Å². The van der Waals surface area contributed by atoms with E-state index in [9.17, 15) is 9.59 Å². The third-order valence-electron chi connectivity index (χ3n) is 7.50. The smallest absolute Gasteiger partial charge is 0.257 e. The first-order valence-corrected chi connectivity index (χ1v) is 13.6. The Bertz CT molecular complexity index is 961. The van der Waals surface area contributed by atoms with Gasteiger partial charge in [0.15, 0.2) is 0 Å². The van der Waals surface area contributed by atoms with Gasteiger partial charge in [-0.2, -0.15) is 0 Å². The van der Waals surface area contributed by atoms with Gasteiger partial charge in [-0.25, -0.2) is 0 Å². The number of benzene rings is 2. The van der Waals surface area contributed by atoms with Crippen LogP contribution in [-0.4, -0.2) is 53.4 Å². The Hall–Kier alpha value is -2.82. The number of carbonyl (C=O) groups is 2. The molecule has 0 unspecified atom stereocenters. The second kappa shape index (κ2) is 12.8. The molecule has 2 atom stereocenters. The fourth-order valence-electron chi connectivity index (χ4n) is 5.51. The molecule has 1 saturated carbocycles. The lowest BCUT2D eigenvalue weighted by atomic mass is 9.90. The average molecular weight is 477 g/mol. The van der Waals surface area contributed by atoms with Gasteiger partial charge in [0.05, 0.1) is 11.6 Å². The number of fused-ring (bicyclic) bond motifs is 2.